The summed E-state index contributed by atoms with van der Waals surface area (Å²) < 4.78 is 5.01. The maximum atomic E-state index is 8.51. The Kier molecular flexibility index (Phi) is 3.26. The molecule has 0 aliphatic carbocycles. The number of nitriles is 1. The zero-order valence-corrected chi connectivity index (χ0v) is 7.90. The average molecular weight is 192 g/mol. The van der Waals surface area contributed by atoms with E-state index in [1.165, 1.54) is 13.3 Å². The van der Waals surface area contributed by atoms with Crippen molar-refractivity contribution < 1.29 is 4.74 Å². The van der Waals surface area contributed by atoms with E-state index < -0.39 is 6.04 Å². The lowest BCUT2D eigenvalue weighted by Crippen LogP contribution is -2.12. The van der Waals surface area contributed by atoms with Gasteiger partial charge in [-0.1, -0.05) is 0 Å². The molecule has 74 valence electrons. The van der Waals surface area contributed by atoms with Crippen LogP contribution in [0.1, 0.15) is 18.0 Å². The van der Waals surface area contributed by atoms with Crippen LogP contribution < -0.4 is 16.2 Å². The highest BCUT2D eigenvalue weighted by atomic mass is 16.5. The molecule has 0 fully saturated rings. The minimum absolute atomic E-state index is 0.210. The third-order valence-electron chi connectivity index (χ3n) is 1.80. The lowest BCUT2D eigenvalue weighted by atomic mass is 10.1. The molecule has 4 N–H and O–H groups in total. The smallest absolute Gasteiger partial charge is 0.218 e. The first-order valence-corrected chi connectivity index (χ1v) is 4.11. The average Bonchev–Trinajstić information content (AvgIpc) is 2.18. The fourth-order valence-electron chi connectivity index (χ4n) is 1.13. The normalized spacial score (nSPS) is 11.8. The summed E-state index contributed by atoms with van der Waals surface area (Å²) in [5.74, 6) is 0.418. The molecule has 0 radical (unpaired) electrons. The molecule has 0 aliphatic heterocycles. The van der Waals surface area contributed by atoms with Crippen LogP contribution in [-0.2, 0) is 0 Å². The van der Waals surface area contributed by atoms with Gasteiger partial charge >= 0.3 is 0 Å². The summed E-state index contributed by atoms with van der Waals surface area (Å²) in [4.78, 5) is 3.96. The van der Waals surface area contributed by atoms with Gasteiger partial charge in [0.2, 0.25) is 5.88 Å². The Labute approximate surface area is 82.3 Å². The van der Waals surface area contributed by atoms with Gasteiger partial charge in [0.05, 0.1) is 31.5 Å². The molecule has 1 rings (SSSR count). The highest BCUT2D eigenvalue weighted by molar-refractivity contribution is 5.44. The van der Waals surface area contributed by atoms with Gasteiger partial charge in [0.15, 0.2) is 0 Å². The second-order valence-corrected chi connectivity index (χ2v) is 2.84. The zero-order valence-electron chi connectivity index (χ0n) is 7.90. The Balaban J connectivity index is 3.04. The molecule has 0 spiro atoms. The molecule has 1 aromatic rings. The number of hydrogen-bond donors (Lipinski definition) is 2. The molecule has 0 saturated heterocycles. The molecule has 14 heavy (non-hydrogen) atoms. The number of nitrogen functional groups attached to an aromatic ring is 1. The monoisotopic (exact) mass is 192 g/mol. The molecule has 0 saturated carbocycles. The number of nitrogens with two attached hydrogens (primary N) is 2. The van der Waals surface area contributed by atoms with E-state index >= 15 is 0 Å². The minimum Gasteiger partial charge on any atom is -0.481 e. The molecule has 5 nitrogen and oxygen atoms in total. The van der Waals surface area contributed by atoms with E-state index in [2.05, 4.69) is 4.98 Å². The van der Waals surface area contributed by atoms with Crippen molar-refractivity contribution in [1.29, 1.82) is 5.26 Å². The van der Waals surface area contributed by atoms with Crippen LogP contribution in [0.5, 0.6) is 5.88 Å². The molecule has 0 aliphatic rings. The number of nitrogens with zero attached hydrogens (tertiary/aromatic N) is 2. The number of anilines is 1. The highest BCUT2D eigenvalue weighted by Crippen LogP contribution is 2.24. The van der Waals surface area contributed by atoms with Gasteiger partial charge < -0.3 is 16.2 Å². The topological polar surface area (TPSA) is 97.9 Å². The summed E-state index contributed by atoms with van der Waals surface area (Å²) in [6.45, 7) is 0. The largest absolute Gasteiger partial charge is 0.481 e. The number of methoxy groups -OCH3 is 1. The number of aromatic nitrogens is 1. The molecule has 0 aromatic carbocycles. The minimum atomic E-state index is -0.411. The number of pyridine rings is 1. The van der Waals surface area contributed by atoms with E-state index in [0.717, 1.165) is 0 Å². The Hall–Kier alpha value is -1.80. The predicted molar refractivity (Wildman–Crippen MR) is 52.4 cm³/mol. The Morgan fingerprint density at radius 2 is 2.43 bits per heavy atom. The van der Waals surface area contributed by atoms with Crippen LogP contribution in [0.25, 0.3) is 0 Å². The van der Waals surface area contributed by atoms with Gasteiger partial charge in [-0.15, -0.1) is 0 Å². The second kappa shape index (κ2) is 4.44. The first kappa shape index (κ1) is 10.3. The van der Waals surface area contributed by atoms with Crippen molar-refractivity contribution in [2.24, 2.45) is 5.73 Å². The fraction of sp³-hybridized carbons (Fsp3) is 0.333. The van der Waals surface area contributed by atoms with Crippen LogP contribution in [0.4, 0.5) is 5.69 Å². The van der Waals surface area contributed by atoms with Crippen LogP contribution in [0, 0.1) is 11.3 Å². The number of ether oxygens (including phenoxy) is 1. The third kappa shape index (κ3) is 2.12. The molecule has 0 amide bonds. The Bertz CT molecular complexity index is 358. The molecule has 1 aromatic heterocycles. The van der Waals surface area contributed by atoms with Crippen molar-refractivity contribution in [1.82, 2.24) is 4.98 Å². The molecule has 0 bridgehead atoms. The third-order valence-corrected chi connectivity index (χ3v) is 1.80. The summed E-state index contributed by atoms with van der Waals surface area (Å²) in [6, 6.07) is 3.25. The van der Waals surface area contributed by atoms with Crippen molar-refractivity contribution in [3.8, 4) is 11.9 Å². The van der Waals surface area contributed by atoms with Crippen LogP contribution in [0.15, 0.2) is 12.3 Å². The van der Waals surface area contributed by atoms with Crippen molar-refractivity contribution in [3.05, 3.63) is 17.8 Å². The van der Waals surface area contributed by atoms with E-state index in [0.29, 0.717) is 17.1 Å². The molecule has 0 unspecified atom stereocenters. The second-order valence-electron chi connectivity index (χ2n) is 2.84. The Morgan fingerprint density at radius 3 is 3.00 bits per heavy atom. The zero-order chi connectivity index (χ0) is 10.6. The van der Waals surface area contributed by atoms with E-state index in [1.54, 1.807) is 6.07 Å². The Morgan fingerprint density at radius 1 is 1.71 bits per heavy atom. The number of rotatable bonds is 3. The molecule has 1 atom stereocenters. The lowest BCUT2D eigenvalue weighted by Gasteiger charge is -2.12. The fourth-order valence-corrected chi connectivity index (χ4v) is 1.13. The summed E-state index contributed by atoms with van der Waals surface area (Å²) in [6.07, 6.45) is 1.70. The van der Waals surface area contributed by atoms with Gasteiger partial charge in [-0.3, -0.25) is 0 Å². The maximum Gasteiger partial charge on any atom is 0.218 e. The van der Waals surface area contributed by atoms with Gasteiger partial charge in [0.1, 0.15) is 0 Å². The van der Waals surface area contributed by atoms with E-state index in [-0.39, 0.29) is 6.42 Å². The van der Waals surface area contributed by atoms with E-state index in [9.17, 15) is 0 Å². The summed E-state index contributed by atoms with van der Waals surface area (Å²) in [5, 5.41) is 8.51. The van der Waals surface area contributed by atoms with Crippen molar-refractivity contribution >= 4 is 5.69 Å². The van der Waals surface area contributed by atoms with Crippen molar-refractivity contribution in [3.63, 3.8) is 0 Å². The van der Waals surface area contributed by atoms with Crippen LogP contribution in [-0.4, -0.2) is 12.1 Å². The van der Waals surface area contributed by atoms with Gasteiger partial charge in [-0.25, -0.2) is 4.98 Å². The quantitative estimate of drug-likeness (QED) is 0.730. The van der Waals surface area contributed by atoms with Gasteiger partial charge in [0, 0.05) is 11.6 Å². The van der Waals surface area contributed by atoms with Crippen molar-refractivity contribution in [2.75, 3.05) is 12.8 Å². The van der Waals surface area contributed by atoms with E-state index in [1.807, 2.05) is 6.07 Å². The first-order valence-electron chi connectivity index (χ1n) is 4.11. The standard InChI is InChI=1S/C9H12N4O/c1-14-9-7(8(12)2-3-10)4-6(11)5-13-9/h4-5,8H,2,11-12H2,1H3/t8-/m1/s1. The summed E-state index contributed by atoms with van der Waals surface area (Å²) >= 11 is 0. The van der Waals surface area contributed by atoms with Crippen molar-refractivity contribution in [2.45, 2.75) is 12.5 Å². The van der Waals surface area contributed by atoms with Gasteiger partial charge in [0.25, 0.3) is 0 Å². The van der Waals surface area contributed by atoms with Crippen LogP contribution in [0.3, 0.4) is 0 Å². The summed E-state index contributed by atoms with van der Waals surface area (Å²) in [7, 11) is 1.50. The molecular formula is C9H12N4O. The molecule has 1 heterocycles. The number of hydrogen-bond acceptors (Lipinski definition) is 5. The van der Waals surface area contributed by atoms with Crippen LogP contribution >= 0.6 is 0 Å². The van der Waals surface area contributed by atoms with Gasteiger partial charge in [-0.05, 0) is 6.07 Å². The van der Waals surface area contributed by atoms with Gasteiger partial charge in [-0.2, -0.15) is 5.26 Å². The molecular weight excluding hydrogens is 180 g/mol. The molecule has 5 heteroatoms. The van der Waals surface area contributed by atoms with E-state index in [4.69, 9.17) is 21.5 Å². The predicted octanol–water partition coefficient (Wildman–Crippen LogP) is 0.586. The summed E-state index contributed by atoms with van der Waals surface area (Å²) in [5.41, 5.74) is 12.5. The SMILES string of the molecule is COc1ncc(N)cc1[C@H](N)CC#N. The highest BCUT2D eigenvalue weighted by Gasteiger charge is 2.12. The maximum absolute atomic E-state index is 8.51. The lowest BCUT2D eigenvalue weighted by molar-refractivity contribution is 0.389. The first-order chi connectivity index (χ1) is 6.69. The van der Waals surface area contributed by atoms with Crippen LogP contribution in [0.2, 0.25) is 0 Å².